The van der Waals surface area contributed by atoms with Gasteiger partial charge in [-0.25, -0.2) is 18.4 Å². The molecular formula is C25H26N6O3S. The Balaban J connectivity index is 1.38. The van der Waals surface area contributed by atoms with Crippen molar-refractivity contribution in [3.63, 3.8) is 0 Å². The average Bonchev–Trinajstić information content (AvgIpc) is 3.40. The van der Waals surface area contributed by atoms with E-state index in [4.69, 9.17) is 0 Å². The molecule has 35 heavy (non-hydrogen) atoms. The summed E-state index contributed by atoms with van der Waals surface area (Å²) in [6.45, 7) is 4.84. The fourth-order valence-corrected chi connectivity index (χ4v) is 5.56. The number of amides is 1. The van der Waals surface area contributed by atoms with Gasteiger partial charge in [-0.3, -0.25) is 9.10 Å². The van der Waals surface area contributed by atoms with Gasteiger partial charge in [-0.1, -0.05) is 19.9 Å². The summed E-state index contributed by atoms with van der Waals surface area (Å²) in [7, 11) is -3.44. The maximum absolute atomic E-state index is 13.2. The van der Waals surface area contributed by atoms with Crippen LogP contribution in [0.1, 0.15) is 35.3 Å². The normalized spacial score (nSPS) is 14.7. The largest absolute Gasteiger partial charge is 0.365 e. The Hall–Kier alpha value is -3.92. The van der Waals surface area contributed by atoms with Crippen LogP contribution in [0.2, 0.25) is 0 Å². The number of hydrogen-bond donors (Lipinski definition) is 3. The molecular weight excluding hydrogens is 464 g/mol. The first-order valence-corrected chi connectivity index (χ1v) is 13.0. The van der Waals surface area contributed by atoms with Gasteiger partial charge in [0.2, 0.25) is 10.0 Å². The van der Waals surface area contributed by atoms with Crippen LogP contribution in [0.25, 0.3) is 11.0 Å². The Morgan fingerprint density at radius 3 is 2.77 bits per heavy atom. The van der Waals surface area contributed by atoms with Gasteiger partial charge in [0.1, 0.15) is 11.5 Å². The van der Waals surface area contributed by atoms with Crippen molar-refractivity contribution in [1.82, 2.24) is 15.0 Å². The van der Waals surface area contributed by atoms with E-state index in [1.54, 1.807) is 36.7 Å². The number of sulfonamides is 1. The molecule has 9 nitrogen and oxygen atoms in total. The summed E-state index contributed by atoms with van der Waals surface area (Å²) < 4.78 is 26.1. The number of fused-ring (bicyclic) bond motifs is 2. The molecule has 0 fully saturated rings. The number of rotatable bonds is 6. The Labute approximate surface area is 203 Å². The highest BCUT2D eigenvalue weighted by molar-refractivity contribution is 7.92. The molecule has 10 heteroatoms. The van der Waals surface area contributed by atoms with E-state index in [2.05, 4.69) is 25.6 Å². The minimum absolute atomic E-state index is 0.320. The molecule has 0 spiro atoms. The maximum Gasteiger partial charge on any atom is 0.259 e. The van der Waals surface area contributed by atoms with Crippen molar-refractivity contribution in [2.75, 3.05) is 27.7 Å². The number of carbonyl (C=O) groups excluding carboxylic acids is 1. The number of nitrogens with zero attached hydrogens (tertiary/aromatic N) is 3. The minimum Gasteiger partial charge on any atom is -0.365 e. The predicted octanol–water partition coefficient (Wildman–Crippen LogP) is 3.88. The molecule has 0 saturated heterocycles. The van der Waals surface area contributed by atoms with Crippen molar-refractivity contribution < 1.29 is 13.2 Å². The second-order valence-electron chi connectivity index (χ2n) is 9.30. The van der Waals surface area contributed by atoms with Crippen LogP contribution in [-0.4, -0.2) is 42.1 Å². The smallest absolute Gasteiger partial charge is 0.259 e. The number of anilines is 3. The van der Waals surface area contributed by atoms with E-state index in [0.717, 1.165) is 22.2 Å². The average molecular weight is 491 g/mol. The summed E-state index contributed by atoms with van der Waals surface area (Å²) in [6, 6.07) is 12.7. The number of benzene rings is 1. The molecule has 5 rings (SSSR count). The summed E-state index contributed by atoms with van der Waals surface area (Å²) in [4.78, 5) is 24.9. The molecule has 0 unspecified atom stereocenters. The zero-order chi connectivity index (χ0) is 24.8. The molecule has 1 amide bonds. The number of hydrogen-bond acceptors (Lipinski definition) is 6. The highest BCUT2D eigenvalue weighted by atomic mass is 32.2. The molecule has 1 aliphatic rings. The first-order valence-electron chi connectivity index (χ1n) is 11.2. The number of aromatic amines is 1. The summed E-state index contributed by atoms with van der Waals surface area (Å²) >= 11 is 0. The first-order chi connectivity index (χ1) is 16.6. The fraction of sp³-hybridized carbons (Fsp3) is 0.240. The van der Waals surface area contributed by atoms with Crippen LogP contribution < -0.4 is 14.9 Å². The quantitative estimate of drug-likeness (QED) is 0.377. The van der Waals surface area contributed by atoms with Crippen molar-refractivity contribution in [3.8, 4) is 0 Å². The van der Waals surface area contributed by atoms with E-state index in [0.29, 0.717) is 35.8 Å². The number of carbonyl (C=O) groups is 1. The zero-order valence-corrected chi connectivity index (χ0v) is 20.5. The molecule has 3 aromatic heterocycles. The van der Waals surface area contributed by atoms with Crippen molar-refractivity contribution >= 4 is 44.2 Å². The number of H-pyrrole nitrogens is 1. The van der Waals surface area contributed by atoms with Crippen molar-refractivity contribution in [3.05, 3.63) is 77.7 Å². The van der Waals surface area contributed by atoms with Crippen molar-refractivity contribution in [2.24, 2.45) is 0 Å². The minimum atomic E-state index is -3.44. The molecule has 0 bridgehead atoms. The van der Waals surface area contributed by atoms with Gasteiger partial charge >= 0.3 is 0 Å². The van der Waals surface area contributed by atoms with Crippen LogP contribution in [0.3, 0.4) is 0 Å². The van der Waals surface area contributed by atoms with E-state index in [1.807, 2.05) is 38.2 Å². The van der Waals surface area contributed by atoms with Crippen LogP contribution >= 0.6 is 0 Å². The Morgan fingerprint density at radius 1 is 1.14 bits per heavy atom. The van der Waals surface area contributed by atoms with Crippen molar-refractivity contribution in [2.45, 2.75) is 25.8 Å². The molecule has 180 valence electrons. The molecule has 1 aromatic carbocycles. The fourth-order valence-electron chi connectivity index (χ4n) is 4.49. The van der Waals surface area contributed by atoms with Gasteiger partial charge in [-0.15, -0.1) is 0 Å². The van der Waals surface area contributed by atoms with Gasteiger partial charge in [0.25, 0.3) is 5.91 Å². The van der Waals surface area contributed by atoms with E-state index < -0.39 is 10.0 Å². The van der Waals surface area contributed by atoms with Gasteiger partial charge in [0.15, 0.2) is 0 Å². The molecule has 0 saturated carbocycles. The van der Waals surface area contributed by atoms with E-state index >= 15 is 0 Å². The lowest BCUT2D eigenvalue weighted by Crippen LogP contribution is -2.33. The summed E-state index contributed by atoms with van der Waals surface area (Å²) in [5.41, 5.74) is 3.91. The monoisotopic (exact) mass is 490 g/mol. The van der Waals surface area contributed by atoms with Crippen molar-refractivity contribution in [1.29, 1.82) is 0 Å². The second kappa shape index (κ2) is 8.38. The van der Waals surface area contributed by atoms with E-state index in [9.17, 15) is 13.2 Å². The highest BCUT2D eigenvalue weighted by Crippen LogP contribution is 2.43. The maximum atomic E-state index is 13.2. The summed E-state index contributed by atoms with van der Waals surface area (Å²) in [5, 5.41) is 7.15. The lowest BCUT2D eigenvalue weighted by atomic mass is 9.87. The number of pyridine rings is 2. The molecule has 4 heterocycles. The van der Waals surface area contributed by atoms with Crippen LogP contribution in [-0.2, 0) is 22.0 Å². The highest BCUT2D eigenvalue weighted by Gasteiger charge is 2.39. The SMILES string of the molecule is CC1(C)CN(S(C)(=O)=O)c2cc(NC(=O)c3cccnc3NCc3ccnc4[nH]ccc34)ccc21. The number of nitrogens with one attached hydrogen (secondary N) is 3. The molecule has 0 radical (unpaired) electrons. The number of aromatic nitrogens is 3. The molecule has 4 aromatic rings. The molecule has 0 aliphatic carbocycles. The summed E-state index contributed by atoms with van der Waals surface area (Å²) in [6.07, 6.45) is 6.39. The summed E-state index contributed by atoms with van der Waals surface area (Å²) in [5.74, 6) is 0.107. The second-order valence-corrected chi connectivity index (χ2v) is 11.2. The van der Waals surface area contributed by atoms with E-state index in [-0.39, 0.29) is 11.3 Å². The van der Waals surface area contributed by atoms with Crippen LogP contribution in [0.5, 0.6) is 0 Å². The van der Waals surface area contributed by atoms with Crippen LogP contribution in [0.15, 0.2) is 61.1 Å². The van der Waals surface area contributed by atoms with Gasteiger partial charge in [-0.2, -0.15) is 0 Å². The first kappa shape index (κ1) is 22.9. The molecule has 3 N–H and O–H groups in total. The molecule has 0 atom stereocenters. The Morgan fingerprint density at radius 2 is 1.97 bits per heavy atom. The van der Waals surface area contributed by atoms with Gasteiger partial charge < -0.3 is 15.6 Å². The Kier molecular flexibility index (Phi) is 5.47. The zero-order valence-electron chi connectivity index (χ0n) is 19.7. The van der Waals surface area contributed by atoms with Gasteiger partial charge in [-0.05, 0) is 47.5 Å². The predicted molar refractivity (Wildman–Crippen MR) is 137 cm³/mol. The lowest BCUT2D eigenvalue weighted by Gasteiger charge is -2.20. The van der Waals surface area contributed by atoms with Gasteiger partial charge in [0, 0.05) is 48.2 Å². The third-order valence-electron chi connectivity index (χ3n) is 6.24. The van der Waals surface area contributed by atoms with Crippen LogP contribution in [0.4, 0.5) is 17.2 Å². The van der Waals surface area contributed by atoms with E-state index in [1.165, 1.54) is 10.6 Å². The standard InChI is InChI=1S/C25H26N6O3S/c1-25(2)15-31(35(3,33)34)21-13-17(6-7-20(21)25)30-24(32)19-5-4-10-26-23(19)29-14-16-8-11-27-22-18(16)9-12-28-22/h4-13H,14-15H2,1-3H3,(H,26,29)(H,27,28)(H,30,32). The van der Waals surface area contributed by atoms with Crippen LogP contribution in [0, 0.1) is 0 Å². The van der Waals surface area contributed by atoms with Gasteiger partial charge in [0.05, 0.1) is 17.5 Å². The topological polar surface area (TPSA) is 120 Å². The third-order valence-corrected chi connectivity index (χ3v) is 7.37. The lowest BCUT2D eigenvalue weighted by molar-refractivity contribution is 0.102. The third kappa shape index (κ3) is 4.32. The Bertz CT molecular complexity index is 1540. The molecule has 1 aliphatic heterocycles.